The Morgan fingerprint density at radius 2 is 1.90 bits per heavy atom. The molecule has 2 aromatic rings. The van der Waals surface area contributed by atoms with Gasteiger partial charge in [-0.05, 0) is 55.4 Å². The molecule has 3 rings (SSSR count). The number of aryl methyl sites for hydroxylation is 1. The smallest absolute Gasteiger partial charge is 0.306 e. The molecule has 0 unspecified atom stereocenters. The normalized spacial score (nSPS) is 15.9. The minimum atomic E-state index is -0.301. The van der Waals surface area contributed by atoms with E-state index in [1.54, 1.807) is 42.9 Å². The van der Waals surface area contributed by atoms with Crippen molar-refractivity contribution in [1.82, 2.24) is 9.47 Å². The number of esters is 1. The van der Waals surface area contributed by atoms with Crippen LogP contribution >= 0.6 is 11.6 Å². The molecule has 7 heteroatoms. The summed E-state index contributed by atoms with van der Waals surface area (Å²) < 4.78 is 20.2. The first-order chi connectivity index (χ1) is 13.9. The average molecular weight is 421 g/mol. The summed E-state index contributed by atoms with van der Waals surface area (Å²) in [6, 6.07) is 8.00. The van der Waals surface area contributed by atoms with Crippen molar-refractivity contribution < 1.29 is 18.7 Å². The molecule has 5 nitrogen and oxygen atoms in total. The number of ether oxygens (including phenoxy) is 1. The quantitative estimate of drug-likeness (QED) is 0.650. The van der Waals surface area contributed by atoms with E-state index >= 15 is 0 Å². The molecule has 1 aromatic heterocycles. The summed E-state index contributed by atoms with van der Waals surface area (Å²) in [5, 5.41) is 0.538. The second-order valence-corrected chi connectivity index (χ2v) is 7.89. The number of aromatic nitrogens is 1. The van der Waals surface area contributed by atoms with Gasteiger partial charge in [0.2, 0.25) is 0 Å². The van der Waals surface area contributed by atoms with Crippen molar-refractivity contribution in [2.75, 3.05) is 19.7 Å². The maximum atomic E-state index is 13.4. The van der Waals surface area contributed by atoms with Crippen LogP contribution in [0.4, 0.5) is 4.39 Å². The number of nitrogens with zero attached hydrogens (tertiary/aromatic N) is 2. The Labute approximate surface area is 175 Å². The molecule has 0 N–H and O–H groups in total. The van der Waals surface area contributed by atoms with Gasteiger partial charge < -0.3 is 14.2 Å². The Kier molecular flexibility index (Phi) is 6.96. The minimum absolute atomic E-state index is 0.0402. The molecule has 1 aliphatic heterocycles. The zero-order chi connectivity index (χ0) is 21.0. The van der Waals surface area contributed by atoms with E-state index in [1.807, 2.05) is 4.90 Å². The highest BCUT2D eigenvalue weighted by Gasteiger charge is 2.32. The number of hydrogen-bond donors (Lipinski definition) is 0. The monoisotopic (exact) mass is 420 g/mol. The number of amides is 1. The van der Waals surface area contributed by atoms with Crippen LogP contribution in [0.5, 0.6) is 0 Å². The molecule has 1 amide bonds. The number of hydrogen-bond acceptors (Lipinski definition) is 3. The van der Waals surface area contributed by atoms with Crippen LogP contribution in [0.2, 0.25) is 5.02 Å². The fourth-order valence-electron chi connectivity index (χ4n) is 4.07. The van der Waals surface area contributed by atoms with Gasteiger partial charge in [0.05, 0.1) is 18.1 Å². The first kappa shape index (κ1) is 21.4. The standard InChI is InChI=1S/C22H26ClFN2O3/c1-3-29-21(27)13-19(15-4-6-18(24)7-5-15)16-8-10-26(11-9-16)22(28)20-12-17(23)14-25(20)2/h4-7,12,14,16,19H,3,8-11,13H2,1-2H3/t19-/m0/s1. The highest BCUT2D eigenvalue weighted by Crippen LogP contribution is 2.36. The summed E-state index contributed by atoms with van der Waals surface area (Å²) in [6.45, 7) is 3.32. The molecule has 29 heavy (non-hydrogen) atoms. The van der Waals surface area contributed by atoms with E-state index in [-0.39, 0.29) is 36.0 Å². The summed E-state index contributed by atoms with van der Waals surface area (Å²) in [5.74, 6) is -0.437. The SMILES string of the molecule is CCOC(=O)C[C@@H](c1ccc(F)cc1)C1CCN(C(=O)c2cc(Cl)cn2C)CC1. The number of carbonyl (C=O) groups excluding carboxylic acids is 2. The molecule has 0 aliphatic carbocycles. The summed E-state index contributed by atoms with van der Waals surface area (Å²) in [4.78, 5) is 26.8. The molecule has 1 fully saturated rings. The van der Waals surface area contributed by atoms with E-state index in [2.05, 4.69) is 0 Å². The molecule has 0 saturated carbocycles. The van der Waals surface area contributed by atoms with Crippen LogP contribution in [0.3, 0.4) is 0 Å². The van der Waals surface area contributed by atoms with Crippen LogP contribution in [-0.2, 0) is 16.6 Å². The fourth-order valence-corrected chi connectivity index (χ4v) is 4.32. The maximum Gasteiger partial charge on any atom is 0.306 e. The van der Waals surface area contributed by atoms with E-state index in [4.69, 9.17) is 16.3 Å². The Hall–Kier alpha value is -2.34. The highest BCUT2D eigenvalue weighted by molar-refractivity contribution is 6.31. The lowest BCUT2D eigenvalue weighted by Gasteiger charge is -2.36. The first-order valence-electron chi connectivity index (χ1n) is 9.91. The number of benzene rings is 1. The summed E-state index contributed by atoms with van der Waals surface area (Å²) in [5.41, 5.74) is 1.49. The molecule has 2 heterocycles. The van der Waals surface area contributed by atoms with E-state index < -0.39 is 0 Å². The largest absolute Gasteiger partial charge is 0.466 e. The lowest BCUT2D eigenvalue weighted by atomic mass is 9.78. The number of halogens is 2. The van der Waals surface area contributed by atoms with Crippen LogP contribution < -0.4 is 0 Å². The van der Waals surface area contributed by atoms with Gasteiger partial charge in [-0.3, -0.25) is 9.59 Å². The van der Waals surface area contributed by atoms with E-state index in [9.17, 15) is 14.0 Å². The first-order valence-corrected chi connectivity index (χ1v) is 10.3. The van der Waals surface area contributed by atoms with E-state index in [0.717, 1.165) is 18.4 Å². The molecule has 1 aliphatic rings. The Morgan fingerprint density at radius 1 is 1.24 bits per heavy atom. The number of rotatable bonds is 6. The van der Waals surface area contributed by atoms with Crippen LogP contribution in [0.15, 0.2) is 36.5 Å². The number of carbonyl (C=O) groups is 2. The van der Waals surface area contributed by atoms with Crippen molar-refractivity contribution in [2.45, 2.75) is 32.1 Å². The van der Waals surface area contributed by atoms with Crippen LogP contribution in [0, 0.1) is 11.7 Å². The molecule has 0 bridgehead atoms. The van der Waals surface area contributed by atoms with E-state index in [0.29, 0.717) is 30.4 Å². The fraction of sp³-hybridized carbons (Fsp3) is 0.455. The maximum absolute atomic E-state index is 13.4. The zero-order valence-electron chi connectivity index (χ0n) is 16.7. The Morgan fingerprint density at radius 3 is 2.45 bits per heavy atom. The van der Waals surface area contributed by atoms with Gasteiger partial charge >= 0.3 is 5.97 Å². The second-order valence-electron chi connectivity index (χ2n) is 7.45. The summed E-state index contributed by atoms with van der Waals surface area (Å²) in [7, 11) is 1.80. The van der Waals surface area contributed by atoms with Crippen molar-refractivity contribution in [2.24, 2.45) is 13.0 Å². The molecule has 0 radical (unpaired) electrons. The van der Waals surface area contributed by atoms with Crippen molar-refractivity contribution >= 4 is 23.5 Å². The number of likely N-dealkylation sites (tertiary alicyclic amines) is 1. The van der Waals surface area contributed by atoms with Gasteiger partial charge in [-0.2, -0.15) is 0 Å². The summed E-state index contributed by atoms with van der Waals surface area (Å²) in [6.07, 6.45) is 3.51. The molecule has 156 valence electrons. The van der Waals surface area contributed by atoms with Crippen LogP contribution in [0.1, 0.15) is 48.2 Å². The third kappa shape index (κ3) is 5.18. The van der Waals surface area contributed by atoms with Crippen LogP contribution in [-0.4, -0.2) is 41.0 Å². The molecular formula is C22H26ClFN2O3. The van der Waals surface area contributed by atoms with Crippen molar-refractivity contribution in [3.8, 4) is 0 Å². The topological polar surface area (TPSA) is 51.5 Å². The lowest BCUT2D eigenvalue weighted by Crippen LogP contribution is -2.40. The van der Waals surface area contributed by atoms with Crippen LogP contribution in [0.25, 0.3) is 0 Å². The third-order valence-corrected chi connectivity index (χ3v) is 5.78. The minimum Gasteiger partial charge on any atom is -0.466 e. The molecule has 1 atom stereocenters. The summed E-state index contributed by atoms with van der Waals surface area (Å²) >= 11 is 6.00. The predicted octanol–water partition coefficient (Wildman–Crippen LogP) is 4.41. The van der Waals surface area contributed by atoms with Gasteiger partial charge in [0.25, 0.3) is 5.91 Å². The van der Waals surface area contributed by atoms with Crippen molar-refractivity contribution in [3.05, 3.63) is 58.6 Å². The third-order valence-electron chi connectivity index (χ3n) is 5.58. The van der Waals surface area contributed by atoms with Gasteiger partial charge in [-0.15, -0.1) is 0 Å². The Balaban J connectivity index is 1.70. The van der Waals surface area contributed by atoms with Gasteiger partial charge in [-0.25, -0.2) is 4.39 Å². The van der Waals surface area contributed by atoms with Gasteiger partial charge in [-0.1, -0.05) is 23.7 Å². The number of piperidine rings is 1. The second kappa shape index (κ2) is 9.44. The molecule has 1 saturated heterocycles. The molecular weight excluding hydrogens is 395 g/mol. The van der Waals surface area contributed by atoms with Crippen molar-refractivity contribution in [3.63, 3.8) is 0 Å². The molecule has 0 spiro atoms. The molecule has 1 aromatic carbocycles. The van der Waals surface area contributed by atoms with Crippen molar-refractivity contribution in [1.29, 1.82) is 0 Å². The highest BCUT2D eigenvalue weighted by atomic mass is 35.5. The Bertz CT molecular complexity index is 857. The zero-order valence-corrected chi connectivity index (χ0v) is 17.5. The van der Waals surface area contributed by atoms with Gasteiger partial charge in [0.15, 0.2) is 0 Å². The van der Waals surface area contributed by atoms with E-state index in [1.165, 1.54) is 12.1 Å². The van der Waals surface area contributed by atoms with Gasteiger partial charge in [0.1, 0.15) is 11.5 Å². The average Bonchev–Trinajstić information content (AvgIpc) is 3.05. The lowest BCUT2D eigenvalue weighted by molar-refractivity contribution is -0.144. The predicted molar refractivity (Wildman–Crippen MR) is 109 cm³/mol. The van der Waals surface area contributed by atoms with Gasteiger partial charge in [0, 0.05) is 26.3 Å².